The van der Waals surface area contributed by atoms with E-state index >= 15 is 0 Å². The number of unbranched alkanes of at least 4 members (excludes halogenated alkanes) is 3. The van der Waals surface area contributed by atoms with E-state index in [0.29, 0.717) is 0 Å². The molecule has 0 aromatic heterocycles. The van der Waals surface area contributed by atoms with Crippen LogP contribution in [0.3, 0.4) is 0 Å². The van der Waals surface area contributed by atoms with E-state index in [1.54, 1.807) is 0 Å². The SMILES string of the molecule is C[SiH](O)CCCCCCC1CCCCC1. The van der Waals surface area contributed by atoms with E-state index in [9.17, 15) is 4.80 Å². The van der Waals surface area contributed by atoms with Crippen molar-refractivity contribution in [1.82, 2.24) is 0 Å². The van der Waals surface area contributed by atoms with Gasteiger partial charge in [0.2, 0.25) is 0 Å². The zero-order valence-corrected chi connectivity index (χ0v) is 11.5. The lowest BCUT2D eigenvalue weighted by Gasteiger charge is -2.21. The van der Waals surface area contributed by atoms with Gasteiger partial charge in [0.1, 0.15) is 0 Å². The second-order valence-electron chi connectivity index (χ2n) is 5.34. The molecule has 0 saturated heterocycles. The minimum atomic E-state index is -1.25. The second-order valence-corrected chi connectivity index (χ2v) is 7.62. The molecule has 0 heterocycles. The Balaban J connectivity index is 1.83. The summed E-state index contributed by atoms with van der Waals surface area (Å²) in [7, 11) is -1.25. The van der Waals surface area contributed by atoms with Crippen molar-refractivity contribution in [3.63, 3.8) is 0 Å². The summed E-state index contributed by atoms with van der Waals surface area (Å²) in [6, 6.07) is 1.13. The van der Waals surface area contributed by atoms with Crippen molar-refractivity contribution in [2.45, 2.75) is 76.8 Å². The fourth-order valence-corrected chi connectivity index (χ4v) is 3.58. The van der Waals surface area contributed by atoms with E-state index in [0.717, 1.165) is 12.0 Å². The van der Waals surface area contributed by atoms with Crippen LogP contribution in [-0.2, 0) is 0 Å². The van der Waals surface area contributed by atoms with E-state index in [1.807, 2.05) is 6.55 Å². The van der Waals surface area contributed by atoms with Crippen LogP contribution in [0, 0.1) is 5.92 Å². The zero-order valence-electron chi connectivity index (χ0n) is 10.4. The average molecular weight is 228 g/mol. The summed E-state index contributed by atoms with van der Waals surface area (Å²) < 4.78 is 0. The van der Waals surface area contributed by atoms with Crippen LogP contribution in [0.5, 0.6) is 0 Å². The summed E-state index contributed by atoms with van der Waals surface area (Å²) >= 11 is 0. The molecule has 0 aromatic rings. The predicted octanol–water partition coefficient (Wildman–Crippen LogP) is 3.86. The molecule has 0 aromatic carbocycles. The zero-order chi connectivity index (χ0) is 10.9. The Morgan fingerprint density at radius 2 is 1.67 bits per heavy atom. The fourth-order valence-electron chi connectivity index (χ4n) is 2.70. The van der Waals surface area contributed by atoms with Crippen molar-refractivity contribution in [3.05, 3.63) is 0 Å². The Labute approximate surface area is 97.0 Å². The van der Waals surface area contributed by atoms with Gasteiger partial charge in [-0.1, -0.05) is 64.2 Å². The molecule has 0 bridgehead atoms. The third-order valence-electron chi connectivity index (χ3n) is 3.71. The summed E-state index contributed by atoms with van der Waals surface area (Å²) in [6.07, 6.45) is 14.4. The van der Waals surface area contributed by atoms with Crippen LogP contribution in [0.2, 0.25) is 12.6 Å². The Bertz CT molecular complexity index is 141. The lowest BCUT2D eigenvalue weighted by atomic mass is 9.85. The highest BCUT2D eigenvalue weighted by molar-refractivity contribution is 6.48. The van der Waals surface area contributed by atoms with Crippen LogP contribution in [0.4, 0.5) is 0 Å². The molecule has 0 radical (unpaired) electrons. The fraction of sp³-hybridized carbons (Fsp3) is 1.00. The molecular formula is C13H28OSi. The van der Waals surface area contributed by atoms with Gasteiger partial charge in [-0.25, -0.2) is 0 Å². The standard InChI is InChI=1S/C13H28OSi/c1-15(14)12-8-3-2-5-9-13-10-6-4-7-11-13/h13-15H,2-12H2,1H3. The molecule has 1 aliphatic rings. The molecule has 1 rings (SSSR count). The summed E-state index contributed by atoms with van der Waals surface area (Å²) in [6.45, 7) is 2.03. The maximum absolute atomic E-state index is 9.25. The molecule has 1 fully saturated rings. The Kier molecular flexibility index (Phi) is 7.37. The van der Waals surface area contributed by atoms with Gasteiger partial charge in [0.15, 0.2) is 9.04 Å². The molecule has 1 saturated carbocycles. The minimum absolute atomic E-state index is 1.06. The molecule has 1 aliphatic carbocycles. The molecular weight excluding hydrogens is 200 g/mol. The Morgan fingerprint density at radius 1 is 1.00 bits per heavy atom. The van der Waals surface area contributed by atoms with Crippen LogP contribution in [0.1, 0.15) is 64.2 Å². The Morgan fingerprint density at radius 3 is 2.33 bits per heavy atom. The van der Waals surface area contributed by atoms with Gasteiger partial charge < -0.3 is 4.80 Å². The minimum Gasteiger partial charge on any atom is -0.435 e. The third-order valence-corrected chi connectivity index (χ3v) is 4.95. The van der Waals surface area contributed by atoms with Gasteiger partial charge in [0.05, 0.1) is 0 Å². The van der Waals surface area contributed by atoms with Crippen molar-refractivity contribution in [3.8, 4) is 0 Å². The first kappa shape index (κ1) is 13.2. The highest BCUT2D eigenvalue weighted by Crippen LogP contribution is 2.28. The maximum atomic E-state index is 9.25. The summed E-state index contributed by atoms with van der Waals surface area (Å²) in [5.41, 5.74) is 0. The van der Waals surface area contributed by atoms with Crippen molar-refractivity contribution in [1.29, 1.82) is 0 Å². The van der Waals surface area contributed by atoms with Gasteiger partial charge in [-0.05, 0) is 18.5 Å². The number of rotatable bonds is 7. The summed E-state index contributed by atoms with van der Waals surface area (Å²) in [5.74, 6) is 1.06. The number of hydrogen-bond donors (Lipinski definition) is 1. The van der Waals surface area contributed by atoms with Gasteiger partial charge >= 0.3 is 0 Å². The predicted molar refractivity (Wildman–Crippen MR) is 69.7 cm³/mol. The van der Waals surface area contributed by atoms with Crippen molar-refractivity contribution >= 4 is 9.04 Å². The highest BCUT2D eigenvalue weighted by Gasteiger charge is 2.12. The van der Waals surface area contributed by atoms with Crippen LogP contribution in [0.25, 0.3) is 0 Å². The first-order chi connectivity index (χ1) is 7.29. The molecule has 0 amide bonds. The van der Waals surface area contributed by atoms with Gasteiger partial charge in [-0.2, -0.15) is 0 Å². The van der Waals surface area contributed by atoms with Gasteiger partial charge in [-0.3, -0.25) is 0 Å². The molecule has 1 atom stereocenters. The van der Waals surface area contributed by atoms with Crippen LogP contribution < -0.4 is 0 Å². The van der Waals surface area contributed by atoms with E-state index in [-0.39, 0.29) is 0 Å². The van der Waals surface area contributed by atoms with Crippen molar-refractivity contribution in [2.24, 2.45) is 5.92 Å². The van der Waals surface area contributed by atoms with Crippen molar-refractivity contribution in [2.75, 3.05) is 0 Å². The largest absolute Gasteiger partial charge is 0.435 e. The molecule has 1 nitrogen and oxygen atoms in total. The quantitative estimate of drug-likeness (QED) is 0.518. The van der Waals surface area contributed by atoms with E-state index in [2.05, 4.69) is 0 Å². The first-order valence-corrected chi connectivity index (χ1v) is 9.46. The smallest absolute Gasteiger partial charge is 0.169 e. The average Bonchev–Trinajstić information content (AvgIpc) is 2.24. The van der Waals surface area contributed by atoms with Crippen LogP contribution >= 0.6 is 0 Å². The second kappa shape index (κ2) is 8.34. The lowest BCUT2D eigenvalue weighted by molar-refractivity contribution is 0.328. The molecule has 1 N–H and O–H groups in total. The van der Waals surface area contributed by atoms with E-state index < -0.39 is 9.04 Å². The van der Waals surface area contributed by atoms with Crippen molar-refractivity contribution < 1.29 is 4.80 Å². The number of hydrogen-bond acceptors (Lipinski definition) is 1. The molecule has 0 aliphatic heterocycles. The molecule has 15 heavy (non-hydrogen) atoms. The van der Waals surface area contributed by atoms with E-state index in [1.165, 1.54) is 64.2 Å². The van der Waals surface area contributed by atoms with Crippen LogP contribution in [0.15, 0.2) is 0 Å². The normalized spacial score (nSPS) is 20.4. The molecule has 1 unspecified atom stereocenters. The first-order valence-electron chi connectivity index (χ1n) is 6.97. The van der Waals surface area contributed by atoms with Gasteiger partial charge in [0.25, 0.3) is 0 Å². The van der Waals surface area contributed by atoms with Crippen LogP contribution in [-0.4, -0.2) is 13.8 Å². The highest BCUT2D eigenvalue weighted by atomic mass is 28.3. The third kappa shape index (κ3) is 7.12. The van der Waals surface area contributed by atoms with E-state index in [4.69, 9.17) is 0 Å². The lowest BCUT2D eigenvalue weighted by Crippen LogP contribution is -2.06. The van der Waals surface area contributed by atoms with Gasteiger partial charge in [-0.15, -0.1) is 0 Å². The summed E-state index contributed by atoms with van der Waals surface area (Å²) in [4.78, 5) is 9.25. The molecule has 2 heteroatoms. The molecule has 0 spiro atoms. The maximum Gasteiger partial charge on any atom is 0.169 e. The summed E-state index contributed by atoms with van der Waals surface area (Å²) in [5, 5.41) is 0. The Hall–Kier alpha value is 0.177. The van der Waals surface area contributed by atoms with Gasteiger partial charge in [0, 0.05) is 0 Å². The topological polar surface area (TPSA) is 20.2 Å². The molecule has 90 valence electrons. The monoisotopic (exact) mass is 228 g/mol.